The Morgan fingerprint density at radius 3 is 2.72 bits per heavy atom. The fourth-order valence-corrected chi connectivity index (χ4v) is 1.27. The first kappa shape index (κ1) is 13.7. The fraction of sp³-hybridized carbons (Fsp3) is 0.300. The van der Waals surface area contributed by atoms with Crippen LogP contribution in [0.3, 0.4) is 0 Å². The molecular weight excluding hydrogens is 248 g/mol. The molecule has 0 heterocycles. The topological polar surface area (TPSA) is 84.3 Å². The monoisotopic (exact) mass is 257 g/mol. The number of rotatable bonds is 4. The molecule has 96 valence electrons. The Balaban J connectivity index is 3.46. The van der Waals surface area contributed by atoms with Gasteiger partial charge in [0.15, 0.2) is 11.6 Å². The normalized spacial score (nSPS) is 9.56. The van der Waals surface area contributed by atoms with Crippen LogP contribution in [0, 0.1) is 11.6 Å². The van der Waals surface area contributed by atoms with Gasteiger partial charge in [0, 0.05) is 4.91 Å². The Hall–Kier alpha value is -2.34. The van der Waals surface area contributed by atoms with Crippen LogP contribution in [0.15, 0.2) is 11.2 Å². The molecule has 0 aliphatic rings. The zero-order chi connectivity index (χ0) is 13.7. The van der Waals surface area contributed by atoms with Gasteiger partial charge in [0.2, 0.25) is 0 Å². The summed E-state index contributed by atoms with van der Waals surface area (Å²) in [5, 5.41) is 2.97. The first-order valence-corrected chi connectivity index (χ1v) is 4.85. The zero-order valence-electron chi connectivity index (χ0n) is 9.61. The Morgan fingerprint density at radius 1 is 1.56 bits per heavy atom. The second kappa shape index (κ2) is 5.83. The first-order valence-electron chi connectivity index (χ1n) is 4.85. The Bertz CT molecular complexity index is 528. The number of methoxy groups -OCH3 is 1. The van der Waals surface area contributed by atoms with Gasteiger partial charge in [0.05, 0.1) is 13.7 Å². The molecule has 18 heavy (non-hydrogen) atoms. The van der Waals surface area contributed by atoms with Crippen molar-refractivity contribution in [2.24, 2.45) is 5.11 Å². The number of carbonyl (C=O) groups is 1. The molecule has 1 rings (SSSR count). The molecule has 0 aromatic heterocycles. The molecule has 0 aliphatic carbocycles. The van der Waals surface area contributed by atoms with Crippen LogP contribution >= 0.6 is 0 Å². The van der Waals surface area contributed by atoms with Gasteiger partial charge in [-0.2, -0.15) is 0 Å². The fourth-order valence-electron chi connectivity index (χ4n) is 1.27. The predicted molar refractivity (Wildman–Crippen MR) is 57.7 cm³/mol. The van der Waals surface area contributed by atoms with Crippen molar-refractivity contribution in [2.45, 2.75) is 6.92 Å². The first-order chi connectivity index (χ1) is 8.56. The van der Waals surface area contributed by atoms with E-state index in [1.807, 2.05) is 0 Å². The van der Waals surface area contributed by atoms with Crippen LogP contribution in [0.2, 0.25) is 0 Å². The smallest absolute Gasteiger partial charge is 0.341 e. The van der Waals surface area contributed by atoms with Crippen LogP contribution in [0.5, 0.6) is 5.75 Å². The molecule has 8 heteroatoms. The SMILES string of the molecule is CCOC(=O)c1cc(F)c(N=[N+]=[N-])c(OC)c1F. The highest BCUT2D eigenvalue weighted by molar-refractivity contribution is 5.91. The lowest BCUT2D eigenvalue weighted by Gasteiger charge is -2.10. The highest BCUT2D eigenvalue weighted by Crippen LogP contribution is 2.35. The van der Waals surface area contributed by atoms with Gasteiger partial charge in [0.25, 0.3) is 0 Å². The van der Waals surface area contributed by atoms with Gasteiger partial charge in [-0.3, -0.25) is 0 Å². The lowest BCUT2D eigenvalue weighted by Crippen LogP contribution is -2.09. The molecule has 6 nitrogen and oxygen atoms in total. The molecule has 0 radical (unpaired) electrons. The number of azide groups is 1. The molecule has 0 fully saturated rings. The van der Waals surface area contributed by atoms with E-state index in [0.29, 0.717) is 6.07 Å². The molecule has 1 aromatic carbocycles. The number of hydrogen-bond acceptors (Lipinski definition) is 4. The summed E-state index contributed by atoms with van der Waals surface area (Å²) >= 11 is 0. The molecule has 0 amide bonds. The van der Waals surface area contributed by atoms with Gasteiger partial charge in [-0.15, -0.1) is 0 Å². The highest BCUT2D eigenvalue weighted by Gasteiger charge is 2.23. The van der Waals surface area contributed by atoms with Gasteiger partial charge in [-0.25, -0.2) is 13.6 Å². The number of hydrogen-bond donors (Lipinski definition) is 0. The molecule has 0 saturated heterocycles. The van der Waals surface area contributed by atoms with E-state index >= 15 is 0 Å². The van der Waals surface area contributed by atoms with E-state index in [1.54, 1.807) is 0 Å². The van der Waals surface area contributed by atoms with E-state index in [4.69, 9.17) is 5.53 Å². The maximum Gasteiger partial charge on any atom is 0.341 e. The minimum atomic E-state index is -1.14. The van der Waals surface area contributed by atoms with Gasteiger partial charge < -0.3 is 9.47 Å². The van der Waals surface area contributed by atoms with Crippen molar-refractivity contribution in [3.63, 3.8) is 0 Å². The second-order valence-corrected chi connectivity index (χ2v) is 3.01. The standard InChI is InChI=1S/C10H9F2N3O3/c1-3-18-10(16)5-4-6(11)8(14-15-13)9(17-2)7(5)12/h4H,3H2,1-2H3. The molecule has 0 spiro atoms. The molecule has 0 atom stereocenters. The van der Waals surface area contributed by atoms with Crippen molar-refractivity contribution in [3.8, 4) is 5.75 Å². The molecule has 1 aromatic rings. The second-order valence-electron chi connectivity index (χ2n) is 3.01. The van der Waals surface area contributed by atoms with Crippen molar-refractivity contribution < 1.29 is 23.0 Å². The minimum Gasteiger partial charge on any atom is -0.493 e. The summed E-state index contributed by atoms with van der Waals surface area (Å²) in [5.41, 5.74) is 6.97. The Labute approximate surface area is 101 Å². The van der Waals surface area contributed by atoms with E-state index in [1.165, 1.54) is 6.92 Å². The summed E-state index contributed by atoms with van der Waals surface area (Å²) in [7, 11) is 1.06. The number of esters is 1. The third-order valence-electron chi connectivity index (χ3n) is 1.99. The van der Waals surface area contributed by atoms with Crippen molar-refractivity contribution in [2.75, 3.05) is 13.7 Å². The summed E-state index contributed by atoms with van der Waals surface area (Å²) in [4.78, 5) is 13.7. The zero-order valence-corrected chi connectivity index (χ0v) is 9.61. The van der Waals surface area contributed by atoms with Crippen LogP contribution < -0.4 is 4.74 Å². The molecule has 0 N–H and O–H groups in total. The summed E-state index contributed by atoms with van der Waals surface area (Å²) in [6, 6.07) is 0.597. The van der Waals surface area contributed by atoms with Crippen LogP contribution in [0.4, 0.5) is 14.5 Å². The molecule has 0 bridgehead atoms. The van der Waals surface area contributed by atoms with E-state index in [2.05, 4.69) is 19.5 Å². The van der Waals surface area contributed by atoms with E-state index in [-0.39, 0.29) is 6.61 Å². The van der Waals surface area contributed by atoms with E-state index < -0.39 is 34.6 Å². The molecule has 0 saturated carbocycles. The summed E-state index contributed by atoms with van der Waals surface area (Å²) in [6.45, 7) is 1.54. The number of carbonyl (C=O) groups excluding carboxylic acids is 1. The van der Waals surface area contributed by atoms with Crippen LogP contribution in [-0.2, 0) is 4.74 Å². The average Bonchev–Trinajstić information content (AvgIpc) is 2.34. The van der Waals surface area contributed by atoms with Crippen molar-refractivity contribution in [3.05, 3.63) is 33.7 Å². The minimum absolute atomic E-state index is 0.0142. The van der Waals surface area contributed by atoms with Gasteiger partial charge in [0.1, 0.15) is 17.1 Å². The van der Waals surface area contributed by atoms with Gasteiger partial charge in [-0.1, -0.05) is 5.11 Å². The molecular formula is C10H9F2N3O3. The van der Waals surface area contributed by atoms with Crippen molar-refractivity contribution in [1.82, 2.24) is 0 Å². The summed E-state index contributed by atoms with van der Waals surface area (Å²) in [6.07, 6.45) is 0. The van der Waals surface area contributed by atoms with Crippen LogP contribution in [-0.4, -0.2) is 19.7 Å². The third-order valence-corrected chi connectivity index (χ3v) is 1.99. The average molecular weight is 257 g/mol. The maximum absolute atomic E-state index is 13.8. The quantitative estimate of drug-likeness (QED) is 0.359. The third kappa shape index (κ3) is 2.49. The Morgan fingerprint density at radius 2 is 2.22 bits per heavy atom. The van der Waals surface area contributed by atoms with Crippen molar-refractivity contribution in [1.29, 1.82) is 0 Å². The lowest BCUT2D eigenvalue weighted by molar-refractivity contribution is 0.0519. The Kier molecular flexibility index (Phi) is 4.45. The lowest BCUT2D eigenvalue weighted by atomic mass is 10.1. The number of ether oxygens (including phenoxy) is 2. The predicted octanol–water partition coefficient (Wildman–Crippen LogP) is 3.09. The molecule has 0 unspecified atom stereocenters. The number of halogens is 2. The van der Waals surface area contributed by atoms with E-state index in [9.17, 15) is 13.6 Å². The largest absolute Gasteiger partial charge is 0.493 e. The maximum atomic E-state index is 13.8. The number of benzene rings is 1. The summed E-state index contributed by atoms with van der Waals surface area (Å²) < 4.78 is 36.5. The van der Waals surface area contributed by atoms with Crippen LogP contribution in [0.25, 0.3) is 10.4 Å². The van der Waals surface area contributed by atoms with Gasteiger partial charge in [-0.05, 0) is 18.5 Å². The van der Waals surface area contributed by atoms with Gasteiger partial charge >= 0.3 is 5.97 Å². The summed E-state index contributed by atoms with van der Waals surface area (Å²) in [5.74, 6) is -3.88. The molecule has 0 aliphatic heterocycles. The van der Waals surface area contributed by atoms with Crippen LogP contribution in [0.1, 0.15) is 17.3 Å². The van der Waals surface area contributed by atoms with E-state index in [0.717, 1.165) is 7.11 Å². The number of nitrogens with zero attached hydrogens (tertiary/aromatic N) is 3. The van der Waals surface area contributed by atoms with Crippen molar-refractivity contribution >= 4 is 11.7 Å². The highest BCUT2D eigenvalue weighted by atomic mass is 19.1.